The van der Waals surface area contributed by atoms with E-state index in [-0.39, 0.29) is 42.6 Å². The lowest BCUT2D eigenvalue weighted by atomic mass is 10.0. The summed E-state index contributed by atoms with van der Waals surface area (Å²) in [5, 5.41) is 1.06. The zero-order chi connectivity index (χ0) is 23.5. The molecular formula is C21H21BrF2N2O5S. The van der Waals surface area contributed by atoms with E-state index in [4.69, 9.17) is 4.74 Å². The standard InChI is InChI=1S/C21H21BrF2N2O5S/c1-13(12-31-21(28)26-9-8-25-19(27)11-26)20(17-10-15(23)4-7-18(17)24)32(29,30)16-5-2-14(22)3-6-16/h2-7,10,13,20H,8-9,11-12H2,1H3,(H,25,27). The second kappa shape index (κ2) is 9.95. The van der Waals surface area contributed by atoms with Gasteiger partial charge in [0.05, 0.1) is 16.8 Å². The molecule has 0 aliphatic carbocycles. The number of rotatable bonds is 6. The third-order valence-corrected chi connectivity index (χ3v) is 7.87. The van der Waals surface area contributed by atoms with E-state index in [0.717, 1.165) is 18.2 Å². The van der Waals surface area contributed by atoms with Gasteiger partial charge in [0.25, 0.3) is 0 Å². The number of hydrogen-bond donors (Lipinski definition) is 1. The molecule has 2 aromatic carbocycles. The van der Waals surface area contributed by atoms with Gasteiger partial charge in [-0.25, -0.2) is 22.0 Å². The molecule has 1 saturated heterocycles. The van der Waals surface area contributed by atoms with Crippen LogP contribution in [0.25, 0.3) is 0 Å². The second-order valence-corrected chi connectivity index (χ2v) is 10.4. The fourth-order valence-electron chi connectivity index (χ4n) is 3.46. The van der Waals surface area contributed by atoms with Gasteiger partial charge < -0.3 is 10.1 Å². The molecule has 172 valence electrons. The number of hydrogen-bond acceptors (Lipinski definition) is 5. The van der Waals surface area contributed by atoms with Gasteiger partial charge in [0, 0.05) is 29.0 Å². The molecule has 2 amide bonds. The number of halogens is 3. The molecule has 0 bridgehead atoms. The molecule has 1 heterocycles. The molecule has 1 fully saturated rings. The maximum absolute atomic E-state index is 14.6. The van der Waals surface area contributed by atoms with Crippen LogP contribution in [0.15, 0.2) is 51.8 Å². The summed E-state index contributed by atoms with van der Waals surface area (Å²) in [4.78, 5) is 24.9. The highest BCUT2D eigenvalue weighted by atomic mass is 79.9. The van der Waals surface area contributed by atoms with Crippen molar-refractivity contribution in [3.63, 3.8) is 0 Å². The van der Waals surface area contributed by atoms with Crippen LogP contribution in [0.5, 0.6) is 0 Å². The number of benzene rings is 2. The molecule has 2 aromatic rings. The highest BCUT2D eigenvalue weighted by molar-refractivity contribution is 9.10. The quantitative estimate of drug-likeness (QED) is 0.617. The van der Waals surface area contributed by atoms with Crippen molar-refractivity contribution in [1.82, 2.24) is 10.2 Å². The maximum Gasteiger partial charge on any atom is 0.410 e. The van der Waals surface area contributed by atoms with E-state index in [1.54, 1.807) is 0 Å². The lowest BCUT2D eigenvalue weighted by molar-refractivity contribution is -0.123. The molecule has 1 N–H and O–H groups in total. The topological polar surface area (TPSA) is 92.8 Å². The predicted octanol–water partition coefficient (Wildman–Crippen LogP) is 3.45. The molecule has 3 rings (SSSR count). The van der Waals surface area contributed by atoms with Gasteiger partial charge in [-0.15, -0.1) is 0 Å². The number of nitrogens with one attached hydrogen (secondary N) is 1. The molecule has 2 atom stereocenters. The lowest BCUT2D eigenvalue weighted by Crippen LogP contribution is -2.50. The number of carbonyl (C=O) groups excluding carboxylic acids is 2. The van der Waals surface area contributed by atoms with E-state index in [9.17, 15) is 26.8 Å². The Morgan fingerprint density at radius 3 is 2.56 bits per heavy atom. The Balaban J connectivity index is 1.90. The second-order valence-electron chi connectivity index (χ2n) is 7.41. The van der Waals surface area contributed by atoms with Crippen LogP contribution in [0.4, 0.5) is 13.6 Å². The van der Waals surface area contributed by atoms with Crippen LogP contribution in [0.1, 0.15) is 17.7 Å². The van der Waals surface area contributed by atoms with E-state index in [2.05, 4.69) is 21.2 Å². The Morgan fingerprint density at radius 2 is 1.91 bits per heavy atom. The summed E-state index contributed by atoms with van der Waals surface area (Å²) in [6, 6.07) is 8.36. The zero-order valence-electron chi connectivity index (χ0n) is 17.1. The van der Waals surface area contributed by atoms with Crippen molar-refractivity contribution in [3.05, 3.63) is 64.1 Å². The lowest BCUT2D eigenvalue weighted by Gasteiger charge is -2.28. The van der Waals surface area contributed by atoms with Crippen LogP contribution in [0, 0.1) is 17.6 Å². The highest BCUT2D eigenvalue weighted by Gasteiger charge is 2.37. The summed E-state index contributed by atoms with van der Waals surface area (Å²) in [7, 11) is -4.19. The average Bonchev–Trinajstić information content (AvgIpc) is 2.74. The third kappa shape index (κ3) is 5.44. The summed E-state index contributed by atoms with van der Waals surface area (Å²) in [6.45, 7) is 1.44. The van der Waals surface area contributed by atoms with Crippen molar-refractivity contribution in [3.8, 4) is 0 Å². The normalized spacial score (nSPS) is 16.2. The van der Waals surface area contributed by atoms with Gasteiger partial charge in [0.15, 0.2) is 9.84 Å². The van der Waals surface area contributed by atoms with Crippen LogP contribution in [0.2, 0.25) is 0 Å². The van der Waals surface area contributed by atoms with Gasteiger partial charge in [-0.1, -0.05) is 22.9 Å². The molecule has 32 heavy (non-hydrogen) atoms. The Bertz CT molecular complexity index is 1110. The fourth-order valence-corrected chi connectivity index (χ4v) is 5.74. The molecule has 11 heteroatoms. The van der Waals surface area contributed by atoms with E-state index in [1.165, 1.54) is 36.1 Å². The number of piperazine rings is 1. The van der Waals surface area contributed by atoms with E-state index in [0.29, 0.717) is 4.47 Å². The first-order valence-electron chi connectivity index (χ1n) is 9.72. The number of carbonyl (C=O) groups is 2. The summed E-state index contributed by atoms with van der Waals surface area (Å²) < 4.78 is 61.3. The molecule has 0 aromatic heterocycles. The Hall–Kier alpha value is -2.53. The van der Waals surface area contributed by atoms with Gasteiger partial charge in [-0.2, -0.15) is 0 Å². The van der Waals surface area contributed by atoms with Crippen LogP contribution in [0.3, 0.4) is 0 Å². The van der Waals surface area contributed by atoms with Crippen molar-refractivity contribution in [2.45, 2.75) is 17.1 Å². The van der Waals surface area contributed by atoms with Crippen LogP contribution < -0.4 is 5.32 Å². The van der Waals surface area contributed by atoms with Crippen molar-refractivity contribution >= 4 is 37.8 Å². The first kappa shape index (κ1) is 24.1. The Labute approximate surface area is 192 Å². The van der Waals surface area contributed by atoms with Gasteiger partial charge in [-0.05, 0) is 42.5 Å². The molecule has 1 aliphatic rings. The van der Waals surface area contributed by atoms with Crippen molar-refractivity contribution in [1.29, 1.82) is 0 Å². The third-order valence-electron chi connectivity index (χ3n) is 5.02. The minimum absolute atomic E-state index is 0.0831. The summed E-state index contributed by atoms with van der Waals surface area (Å²) in [5.74, 6) is -2.94. The highest BCUT2D eigenvalue weighted by Crippen LogP contribution is 2.37. The SMILES string of the molecule is CC(COC(=O)N1CCNC(=O)C1)C(c1cc(F)ccc1F)S(=O)(=O)c1ccc(Br)cc1. The number of ether oxygens (including phenoxy) is 1. The van der Waals surface area contributed by atoms with Gasteiger partial charge in [-0.3, -0.25) is 9.69 Å². The molecule has 0 spiro atoms. The van der Waals surface area contributed by atoms with Crippen molar-refractivity contribution < 1.29 is 31.5 Å². The van der Waals surface area contributed by atoms with Gasteiger partial charge in [0.2, 0.25) is 5.91 Å². The van der Waals surface area contributed by atoms with E-state index in [1.807, 2.05) is 0 Å². The fraction of sp³-hybridized carbons (Fsp3) is 0.333. The summed E-state index contributed by atoms with van der Waals surface area (Å²) in [6.07, 6.45) is -0.786. The number of nitrogens with zero attached hydrogens (tertiary/aromatic N) is 1. The molecule has 2 unspecified atom stereocenters. The Kier molecular flexibility index (Phi) is 7.50. The molecule has 0 radical (unpaired) electrons. The summed E-state index contributed by atoms with van der Waals surface area (Å²) >= 11 is 3.23. The van der Waals surface area contributed by atoms with Crippen molar-refractivity contribution in [2.24, 2.45) is 5.92 Å². The van der Waals surface area contributed by atoms with Crippen LogP contribution in [-0.2, 0) is 19.4 Å². The minimum atomic E-state index is -4.19. The minimum Gasteiger partial charge on any atom is -0.449 e. The molecule has 0 saturated carbocycles. The van der Waals surface area contributed by atoms with Gasteiger partial charge in [0.1, 0.15) is 18.2 Å². The van der Waals surface area contributed by atoms with Crippen LogP contribution in [-0.4, -0.2) is 51.6 Å². The average molecular weight is 531 g/mol. The predicted molar refractivity (Wildman–Crippen MR) is 116 cm³/mol. The largest absolute Gasteiger partial charge is 0.449 e. The molecule has 1 aliphatic heterocycles. The van der Waals surface area contributed by atoms with Crippen LogP contribution >= 0.6 is 15.9 Å². The maximum atomic E-state index is 14.6. The smallest absolute Gasteiger partial charge is 0.410 e. The first-order valence-corrected chi connectivity index (χ1v) is 12.1. The van der Waals surface area contributed by atoms with Gasteiger partial charge >= 0.3 is 6.09 Å². The Morgan fingerprint density at radius 1 is 1.22 bits per heavy atom. The zero-order valence-corrected chi connectivity index (χ0v) is 19.5. The molecular weight excluding hydrogens is 510 g/mol. The number of sulfone groups is 1. The summed E-state index contributed by atoms with van der Waals surface area (Å²) in [5.41, 5.74) is -0.353. The number of amides is 2. The first-order chi connectivity index (χ1) is 15.1. The monoisotopic (exact) mass is 530 g/mol. The van der Waals surface area contributed by atoms with E-state index >= 15 is 0 Å². The van der Waals surface area contributed by atoms with Crippen molar-refractivity contribution in [2.75, 3.05) is 26.2 Å². The molecule has 7 nitrogen and oxygen atoms in total. The van der Waals surface area contributed by atoms with E-state index < -0.39 is 38.7 Å².